The van der Waals surface area contributed by atoms with Gasteiger partial charge in [0.05, 0.1) is 12.7 Å². The molecule has 1 heterocycles. The molecular formula is C12H16O2. The lowest BCUT2D eigenvalue weighted by Crippen LogP contribution is -2.05. The average molecular weight is 192 g/mol. The minimum absolute atomic E-state index is 0.245. The second kappa shape index (κ2) is 3.62. The molecule has 2 rings (SSSR count). The third-order valence-corrected chi connectivity index (χ3v) is 2.69. The van der Waals surface area contributed by atoms with E-state index in [1.165, 1.54) is 5.56 Å². The Labute approximate surface area is 84.5 Å². The van der Waals surface area contributed by atoms with E-state index in [9.17, 15) is 5.11 Å². The summed E-state index contributed by atoms with van der Waals surface area (Å²) >= 11 is 0. The van der Waals surface area contributed by atoms with Crippen LogP contribution in [0, 0.1) is 5.92 Å². The van der Waals surface area contributed by atoms with Crippen LogP contribution in [-0.4, -0.2) is 11.7 Å². The van der Waals surface area contributed by atoms with Crippen molar-refractivity contribution in [1.29, 1.82) is 0 Å². The molecule has 2 nitrogen and oxygen atoms in total. The number of aliphatic hydroxyl groups is 1. The standard InChI is InChI=1S/C12H16O2/c1-8(2)12(13)10-4-3-9-5-6-14-11(9)7-10/h3-4,7-8,12-13H,5-6H2,1-2H3. The zero-order chi connectivity index (χ0) is 10.1. The Kier molecular flexibility index (Phi) is 2.46. The minimum atomic E-state index is -0.385. The van der Waals surface area contributed by atoms with Gasteiger partial charge in [0, 0.05) is 6.42 Å². The summed E-state index contributed by atoms with van der Waals surface area (Å²) in [6.45, 7) is 4.80. The fourth-order valence-corrected chi connectivity index (χ4v) is 1.75. The van der Waals surface area contributed by atoms with E-state index < -0.39 is 0 Å². The SMILES string of the molecule is CC(C)C(O)c1ccc2c(c1)OCC2. The van der Waals surface area contributed by atoms with Crippen LogP contribution in [0.4, 0.5) is 0 Å². The van der Waals surface area contributed by atoms with Crippen LogP contribution in [0.5, 0.6) is 5.75 Å². The molecule has 0 bridgehead atoms. The lowest BCUT2D eigenvalue weighted by atomic mass is 9.97. The molecule has 0 saturated carbocycles. The van der Waals surface area contributed by atoms with Crippen molar-refractivity contribution in [2.75, 3.05) is 6.61 Å². The third-order valence-electron chi connectivity index (χ3n) is 2.69. The van der Waals surface area contributed by atoms with E-state index in [-0.39, 0.29) is 12.0 Å². The molecule has 0 saturated heterocycles. The Hall–Kier alpha value is -1.02. The molecule has 1 unspecified atom stereocenters. The molecule has 76 valence electrons. The summed E-state index contributed by atoms with van der Waals surface area (Å²) < 4.78 is 5.46. The Bertz CT molecular complexity index is 331. The topological polar surface area (TPSA) is 29.5 Å². The molecule has 0 aromatic heterocycles. The Morgan fingerprint density at radius 2 is 2.14 bits per heavy atom. The molecule has 0 spiro atoms. The summed E-state index contributed by atoms with van der Waals surface area (Å²) in [6, 6.07) is 6.02. The number of hydrogen-bond acceptors (Lipinski definition) is 2. The Balaban J connectivity index is 2.28. The number of hydrogen-bond donors (Lipinski definition) is 1. The van der Waals surface area contributed by atoms with Gasteiger partial charge in [-0.1, -0.05) is 26.0 Å². The normalized spacial score (nSPS) is 16.6. The van der Waals surface area contributed by atoms with Crippen molar-refractivity contribution in [2.45, 2.75) is 26.4 Å². The van der Waals surface area contributed by atoms with Crippen LogP contribution in [0.1, 0.15) is 31.1 Å². The van der Waals surface area contributed by atoms with Crippen molar-refractivity contribution < 1.29 is 9.84 Å². The maximum Gasteiger partial charge on any atom is 0.122 e. The van der Waals surface area contributed by atoms with Crippen molar-refractivity contribution in [3.05, 3.63) is 29.3 Å². The molecule has 0 amide bonds. The molecule has 1 aliphatic heterocycles. The zero-order valence-corrected chi connectivity index (χ0v) is 8.66. The van der Waals surface area contributed by atoms with E-state index in [2.05, 4.69) is 6.07 Å². The largest absolute Gasteiger partial charge is 0.493 e. The first-order valence-electron chi connectivity index (χ1n) is 5.12. The predicted molar refractivity (Wildman–Crippen MR) is 55.4 cm³/mol. The molecule has 0 fully saturated rings. The van der Waals surface area contributed by atoms with E-state index in [4.69, 9.17) is 4.74 Å². The van der Waals surface area contributed by atoms with Crippen LogP contribution in [0.15, 0.2) is 18.2 Å². The van der Waals surface area contributed by atoms with Crippen molar-refractivity contribution in [3.63, 3.8) is 0 Å². The predicted octanol–water partition coefficient (Wildman–Crippen LogP) is 2.31. The molecule has 14 heavy (non-hydrogen) atoms. The summed E-state index contributed by atoms with van der Waals surface area (Å²) in [4.78, 5) is 0. The van der Waals surface area contributed by atoms with E-state index in [1.807, 2.05) is 26.0 Å². The van der Waals surface area contributed by atoms with E-state index in [0.717, 1.165) is 24.3 Å². The fourth-order valence-electron chi connectivity index (χ4n) is 1.75. The first-order valence-corrected chi connectivity index (χ1v) is 5.12. The van der Waals surface area contributed by atoms with Gasteiger partial charge in [0.1, 0.15) is 5.75 Å². The lowest BCUT2D eigenvalue weighted by Gasteiger charge is -2.15. The quantitative estimate of drug-likeness (QED) is 0.779. The van der Waals surface area contributed by atoms with Crippen LogP contribution >= 0.6 is 0 Å². The number of aliphatic hydroxyl groups excluding tert-OH is 1. The zero-order valence-electron chi connectivity index (χ0n) is 8.66. The van der Waals surface area contributed by atoms with Crippen LogP contribution in [-0.2, 0) is 6.42 Å². The Morgan fingerprint density at radius 1 is 1.36 bits per heavy atom. The van der Waals surface area contributed by atoms with Gasteiger partial charge in [-0.15, -0.1) is 0 Å². The van der Waals surface area contributed by atoms with Gasteiger partial charge in [-0.2, -0.15) is 0 Å². The first kappa shape index (κ1) is 9.53. The van der Waals surface area contributed by atoms with Gasteiger partial charge in [0.15, 0.2) is 0 Å². The minimum Gasteiger partial charge on any atom is -0.493 e. The van der Waals surface area contributed by atoms with E-state index >= 15 is 0 Å². The molecule has 1 N–H and O–H groups in total. The highest BCUT2D eigenvalue weighted by molar-refractivity contribution is 5.40. The van der Waals surface area contributed by atoms with Gasteiger partial charge < -0.3 is 9.84 Å². The van der Waals surface area contributed by atoms with Gasteiger partial charge in [0.2, 0.25) is 0 Å². The molecule has 2 heteroatoms. The number of ether oxygens (including phenoxy) is 1. The average Bonchev–Trinajstić information content (AvgIpc) is 2.62. The maximum absolute atomic E-state index is 9.87. The van der Waals surface area contributed by atoms with Crippen LogP contribution < -0.4 is 4.74 Å². The second-order valence-corrected chi connectivity index (χ2v) is 4.15. The van der Waals surface area contributed by atoms with E-state index in [1.54, 1.807) is 0 Å². The van der Waals surface area contributed by atoms with Crippen LogP contribution in [0.3, 0.4) is 0 Å². The van der Waals surface area contributed by atoms with Gasteiger partial charge in [-0.3, -0.25) is 0 Å². The first-order chi connectivity index (χ1) is 6.68. The van der Waals surface area contributed by atoms with Crippen molar-refractivity contribution in [1.82, 2.24) is 0 Å². The fraction of sp³-hybridized carbons (Fsp3) is 0.500. The highest BCUT2D eigenvalue weighted by atomic mass is 16.5. The summed E-state index contributed by atoms with van der Waals surface area (Å²) in [5, 5.41) is 9.87. The molecule has 1 aliphatic rings. The van der Waals surface area contributed by atoms with Crippen molar-refractivity contribution in [2.24, 2.45) is 5.92 Å². The van der Waals surface area contributed by atoms with Crippen LogP contribution in [0.25, 0.3) is 0 Å². The highest BCUT2D eigenvalue weighted by Gasteiger charge is 2.17. The Morgan fingerprint density at radius 3 is 2.86 bits per heavy atom. The summed E-state index contributed by atoms with van der Waals surface area (Å²) in [7, 11) is 0. The lowest BCUT2D eigenvalue weighted by molar-refractivity contribution is 0.126. The number of fused-ring (bicyclic) bond motifs is 1. The maximum atomic E-state index is 9.87. The van der Waals surface area contributed by atoms with Gasteiger partial charge >= 0.3 is 0 Å². The van der Waals surface area contributed by atoms with E-state index in [0.29, 0.717) is 0 Å². The van der Waals surface area contributed by atoms with Gasteiger partial charge in [0.25, 0.3) is 0 Å². The van der Waals surface area contributed by atoms with Crippen molar-refractivity contribution in [3.8, 4) is 5.75 Å². The summed E-state index contributed by atoms with van der Waals surface area (Å²) in [5.41, 5.74) is 2.21. The number of benzene rings is 1. The second-order valence-electron chi connectivity index (χ2n) is 4.15. The highest BCUT2D eigenvalue weighted by Crippen LogP contribution is 2.30. The van der Waals surface area contributed by atoms with Crippen LogP contribution in [0.2, 0.25) is 0 Å². The summed E-state index contributed by atoms with van der Waals surface area (Å²) in [5.74, 6) is 1.19. The molecule has 0 aliphatic carbocycles. The van der Waals surface area contributed by atoms with Gasteiger partial charge in [-0.25, -0.2) is 0 Å². The van der Waals surface area contributed by atoms with Crippen molar-refractivity contribution >= 4 is 0 Å². The third kappa shape index (κ3) is 1.62. The van der Waals surface area contributed by atoms with Gasteiger partial charge in [-0.05, 0) is 23.1 Å². The molecule has 1 aromatic carbocycles. The number of rotatable bonds is 2. The molecule has 1 aromatic rings. The summed E-state index contributed by atoms with van der Waals surface area (Å²) in [6.07, 6.45) is 0.609. The molecular weight excluding hydrogens is 176 g/mol. The molecule has 1 atom stereocenters. The smallest absolute Gasteiger partial charge is 0.122 e. The monoisotopic (exact) mass is 192 g/mol. The molecule has 0 radical (unpaired) electrons.